The second-order valence-electron chi connectivity index (χ2n) is 6.73. The Morgan fingerprint density at radius 1 is 1.30 bits per heavy atom. The number of ether oxygens (including phenoxy) is 1. The Bertz CT molecular complexity index is 547. The maximum atomic E-state index is 12.6. The number of hydrogen-bond acceptors (Lipinski definition) is 4. The van der Waals surface area contributed by atoms with Gasteiger partial charge in [-0.15, -0.1) is 0 Å². The number of rotatable bonds is 5. The summed E-state index contributed by atoms with van der Waals surface area (Å²) < 4.78 is 5.79. The number of carbonyl (C=O) groups is 1. The molecule has 126 valence electrons. The molecule has 2 aliphatic rings. The van der Waals surface area contributed by atoms with Crippen molar-refractivity contribution in [3.63, 3.8) is 0 Å². The predicted molar refractivity (Wildman–Crippen MR) is 91.9 cm³/mol. The molecule has 0 N–H and O–H groups in total. The van der Waals surface area contributed by atoms with Crippen LogP contribution in [0.2, 0.25) is 0 Å². The monoisotopic (exact) mass is 317 g/mol. The van der Waals surface area contributed by atoms with Crippen molar-refractivity contribution in [3.8, 4) is 0 Å². The van der Waals surface area contributed by atoms with Crippen LogP contribution in [0.3, 0.4) is 0 Å². The minimum atomic E-state index is 0.241. The van der Waals surface area contributed by atoms with Crippen molar-refractivity contribution >= 4 is 11.6 Å². The highest BCUT2D eigenvalue weighted by molar-refractivity contribution is 5.95. The van der Waals surface area contributed by atoms with E-state index in [2.05, 4.69) is 36.0 Å². The topological polar surface area (TPSA) is 36.0 Å². The fourth-order valence-corrected chi connectivity index (χ4v) is 3.49. The molecule has 0 bridgehead atoms. The quantitative estimate of drug-likeness (QED) is 0.818. The Morgan fingerprint density at radius 2 is 2.13 bits per heavy atom. The van der Waals surface area contributed by atoms with Gasteiger partial charge in [0.2, 0.25) is 5.91 Å². The summed E-state index contributed by atoms with van der Waals surface area (Å²) in [7, 11) is 4.13. The van der Waals surface area contributed by atoms with Crippen LogP contribution in [0.1, 0.15) is 12.0 Å². The summed E-state index contributed by atoms with van der Waals surface area (Å²) in [6.07, 6.45) is 1.81. The molecule has 2 heterocycles. The molecule has 1 aromatic rings. The highest BCUT2D eigenvalue weighted by atomic mass is 16.5. The van der Waals surface area contributed by atoms with E-state index in [4.69, 9.17) is 4.74 Å². The van der Waals surface area contributed by atoms with Crippen LogP contribution in [0.25, 0.3) is 0 Å². The first kappa shape index (κ1) is 16.4. The lowest BCUT2D eigenvalue weighted by molar-refractivity contribution is -0.119. The number of hydrogen-bond donors (Lipinski definition) is 0. The van der Waals surface area contributed by atoms with E-state index in [1.807, 2.05) is 17.0 Å². The third kappa shape index (κ3) is 4.10. The second-order valence-corrected chi connectivity index (χ2v) is 6.73. The molecule has 0 spiro atoms. The van der Waals surface area contributed by atoms with Gasteiger partial charge in [-0.3, -0.25) is 9.69 Å². The van der Waals surface area contributed by atoms with Crippen molar-refractivity contribution in [1.82, 2.24) is 9.80 Å². The Hall–Kier alpha value is -1.43. The van der Waals surface area contributed by atoms with E-state index in [0.29, 0.717) is 6.42 Å². The van der Waals surface area contributed by atoms with Gasteiger partial charge in [-0.2, -0.15) is 0 Å². The van der Waals surface area contributed by atoms with Crippen LogP contribution in [0.5, 0.6) is 0 Å². The third-order valence-electron chi connectivity index (χ3n) is 4.62. The average molecular weight is 317 g/mol. The summed E-state index contributed by atoms with van der Waals surface area (Å²) in [4.78, 5) is 19.0. The van der Waals surface area contributed by atoms with Gasteiger partial charge in [0.05, 0.1) is 12.7 Å². The van der Waals surface area contributed by atoms with E-state index < -0.39 is 0 Å². The van der Waals surface area contributed by atoms with Crippen LogP contribution < -0.4 is 4.90 Å². The molecule has 2 aliphatic heterocycles. The molecule has 3 rings (SSSR count). The molecule has 0 aromatic heterocycles. The van der Waals surface area contributed by atoms with Gasteiger partial charge in [0.25, 0.3) is 0 Å². The van der Waals surface area contributed by atoms with Gasteiger partial charge in [-0.1, -0.05) is 18.2 Å². The Balaban J connectivity index is 1.50. The van der Waals surface area contributed by atoms with Gasteiger partial charge in [0, 0.05) is 44.8 Å². The molecule has 0 unspecified atom stereocenters. The van der Waals surface area contributed by atoms with E-state index in [1.54, 1.807) is 0 Å². The molecule has 1 amide bonds. The lowest BCUT2D eigenvalue weighted by Gasteiger charge is -2.34. The number of anilines is 1. The standard InChI is InChI=1S/C18H27N3O2/c1-19(2)13-16-14-20(11-12-23-16)9-8-18(22)21-10-7-15-5-3-4-6-17(15)21/h3-6,16H,7-14H2,1-2H3/t16-/m1/s1. The number of benzene rings is 1. The van der Waals surface area contributed by atoms with E-state index >= 15 is 0 Å². The maximum Gasteiger partial charge on any atom is 0.228 e. The van der Waals surface area contributed by atoms with E-state index in [0.717, 1.165) is 51.4 Å². The van der Waals surface area contributed by atoms with E-state index in [1.165, 1.54) is 5.56 Å². The predicted octanol–water partition coefficient (Wildman–Crippen LogP) is 1.23. The van der Waals surface area contributed by atoms with Gasteiger partial charge in [-0.05, 0) is 32.1 Å². The van der Waals surface area contributed by atoms with Crippen molar-refractivity contribution in [1.29, 1.82) is 0 Å². The molecule has 1 atom stereocenters. The minimum absolute atomic E-state index is 0.241. The molecule has 23 heavy (non-hydrogen) atoms. The van der Waals surface area contributed by atoms with Gasteiger partial charge in [-0.25, -0.2) is 0 Å². The van der Waals surface area contributed by atoms with Crippen LogP contribution in [-0.4, -0.2) is 75.2 Å². The summed E-state index contributed by atoms with van der Waals surface area (Å²) in [6.45, 7) is 5.19. The van der Waals surface area contributed by atoms with Crippen LogP contribution in [-0.2, 0) is 16.0 Å². The second kappa shape index (κ2) is 7.43. The summed E-state index contributed by atoms with van der Waals surface area (Å²) in [6, 6.07) is 8.24. The summed E-state index contributed by atoms with van der Waals surface area (Å²) in [5.41, 5.74) is 2.39. The molecule has 0 aliphatic carbocycles. The summed E-state index contributed by atoms with van der Waals surface area (Å²) in [5.74, 6) is 0.241. The van der Waals surface area contributed by atoms with Crippen molar-refractivity contribution in [2.45, 2.75) is 18.9 Å². The average Bonchev–Trinajstić information content (AvgIpc) is 2.96. The number of amides is 1. The summed E-state index contributed by atoms with van der Waals surface area (Å²) >= 11 is 0. The molecule has 5 nitrogen and oxygen atoms in total. The number of fused-ring (bicyclic) bond motifs is 1. The first-order chi connectivity index (χ1) is 11.1. The van der Waals surface area contributed by atoms with Gasteiger partial charge in [0.15, 0.2) is 0 Å². The zero-order chi connectivity index (χ0) is 16.2. The maximum absolute atomic E-state index is 12.6. The van der Waals surface area contributed by atoms with Crippen LogP contribution in [0, 0.1) is 0 Å². The van der Waals surface area contributed by atoms with Gasteiger partial charge < -0.3 is 14.5 Å². The van der Waals surface area contributed by atoms with Crippen LogP contribution >= 0.6 is 0 Å². The SMILES string of the molecule is CN(C)C[C@@H]1CN(CCC(=O)N2CCc3ccccc32)CCO1. The fourth-order valence-electron chi connectivity index (χ4n) is 3.49. The number of carbonyl (C=O) groups excluding carboxylic acids is 1. The molecular formula is C18H27N3O2. The number of morpholine rings is 1. The van der Waals surface area contributed by atoms with Crippen LogP contribution in [0.4, 0.5) is 5.69 Å². The lowest BCUT2D eigenvalue weighted by Crippen LogP contribution is -2.47. The van der Waals surface area contributed by atoms with Gasteiger partial charge in [0.1, 0.15) is 0 Å². The highest BCUT2D eigenvalue weighted by Crippen LogP contribution is 2.27. The van der Waals surface area contributed by atoms with E-state index in [9.17, 15) is 4.79 Å². The fraction of sp³-hybridized carbons (Fsp3) is 0.611. The normalized spacial score (nSPS) is 21.7. The number of para-hydroxylation sites is 1. The zero-order valence-electron chi connectivity index (χ0n) is 14.2. The van der Waals surface area contributed by atoms with Gasteiger partial charge >= 0.3 is 0 Å². The molecule has 1 aromatic carbocycles. The first-order valence-electron chi connectivity index (χ1n) is 8.50. The largest absolute Gasteiger partial charge is 0.374 e. The minimum Gasteiger partial charge on any atom is -0.374 e. The van der Waals surface area contributed by atoms with Crippen molar-refractivity contribution in [2.75, 3.05) is 58.3 Å². The van der Waals surface area contributed by atoms with Crippen molar-refractivity contribution in [2.24, 2.45) is 0 Å². The lowest BCUT2D eigenvalue weighted by atomic mass is 10.2. The smallest absolute Gasteiger partial charge is 0.228 e. The first-order valence-corrected chi connectivity index (χ1v) is 8.50. The molecule has 1 saturated heterocycles. The number of likely N-dealkylation sites (N-methyl/N-ethyl adjacent to an activating group) is 1. The summed E-state index contributed by atoms with van der Waals surface area (Å²) in [5, 5.41) is 0. The van der Waals surface area contributed by atoms with Crippen molar-refractivity contribution in [3.05, 3.63) is 29.8 Å². The van der Waals surface area contributed by atoms with E-state index in [-0.39, 0.29) is 12.0 Å². The Labute approximate surface area is 138 Å². The van der Waals surface area contributed by atoms with Crippen molar-refractivity contribution < 1.29 is 9.53 Å². The number of nitrogens with zero attached hydrogens (tertiary/aromatic N) is 3. The Morgan fingerprint density at radius 3 is 2.96 bits per heavy atom. The third-order valence-corrected chi connectivity index (χ3v) is 4.62. The zero-order valence-corrected chi connectivity index (χ0v) is 14.2. The highest BCUT2D eigenvalue weighted by Gasteiger charge is 2.26. The van der Waals surface area contributed by atoms with Crippen LogP contribution in [0.15, 0.2) is 24.3 Å². The Kier molecular flexibility index (Phi) is 5.30. The molecule has 0 radical (unpaired) electrons. The molecular weight excluding hydrogens is 290 g/mol. The molecule has 0 saturated carbocycles. The molecule has 5 heteroatoms. The molecule has 1 fully saturated rings.